The van der Waals surface area contributed by atoms with Crippen molar-refractivity contribution in [2.45, 2.75) is 33.4 Å². The van der Waals surface area contributed by atoms with E-state index in [2.05, 4.69) is 34.6 Å². The van der Waals surface area contributed by atoms with Gasteiger partial charge in [0.1, 0.15) is 18.1 Å². The van der Waals surface area contributed by atoms with Crippen LogP contribution in [0.4, 0.5) is 0 Å². The molecule has 0 amide bonds. The van der Waals surface area contributed by atoms with Gasteiger partial charge in [0.05, 0.1) is 0 Å². The maximum atomic E-state index is 5.82. The van der Waals surface area contributed by atoms with Crippen LogP contribution < -0.4 is 10.1 Å². The molecule has 0 saturated heterocycles. The highest BCUT2D eigenvalue weighted by atomic mass is 16.5. The van der Waals surface area contributed by atoms with Crippen LogP contribution in [-0.2, 0) is 19.6 Å². The summed E-state index contributed by atoms with van der Waals surface area (Å²) in [6.45, 7) is 5.46. The second-order valence-electron chi connectivity index (χ2n) is 4.59. The van der Waals surface area contributed by atoms with Gasteiger partial charge in [-0.2, -0.15) is 5.10 Å². The van der Waals surface area contributed by atoms with E-state index in [1.54, 1.807) is 0 Å². The molecule has 4 heteroatoms. The molecule has 0 atom stereocenters. The third kappa shape index (κ3) is 3.35. The minimum atomic E-state index is 0.495. The zero-order chi connectivity index (χ0) is 13.7. The number of aromatic nitrogens is 2. The first-order valence-corrected chi connectivity index (χ1v) is 6.63. The van der Waals surface area contributed by atoms with E-state index >= 15 is 0 Å². The lowest BCUT2D eigenvalue weighted by molar-refractivity contribution is 0.299. The van der Waals surface area contributed by atoms with Crippen molar-refractivity contribution in [1.29, 1.82) is 0 Å². The maximum Gasteiger partial charge on any atom is 0.132 e. The Bertz CT molecular complexity index is 534. The summed E-state index contributed by atoms with van der Waals surface area (Å²) < 4.78 is 5.82. The van der Waals surface area contributed by atoms with Crippen molar-refractivity contribution in [2.24, 2.45) is 0 Å². The van der Waals surface area contributed by atoms with Gasteiger partial charge in [-0.15, -0.1) is 0 Å². The molecule has 19 heavy (non-hydrogen) atoms. The Labute approximate surface area is 114 Å². The molecule has 102 valence electrons. The zero-order valence-electron chi connectivity index (χ0n) is 11.8. The SMILES string of the molecule is CCc1cccc(OCc2n[nH]c(C)c2CNC)c1. The lowest BCUT2D eigenvalue weighted by Crippen LogP contribution is -2.09. The van der Waals surface area contributed by atoms with Crippen molar-refractivity contribution in [3.05, 3.63) is 46.8 Å². The van der Waals surface area contributed by atoms with Crippen LogP contribution in [0, 0.1) is 6.92 Å². The van der Waals surface area contributed by atoms with Crippen molar-refractivity contribution in [3.63, 3.8) is 0 Å². The predicted octanol–water partition coefficient (Wildman–Crippen LogP) is 2.58. The molecule has 0 aliphatic heterocycles. The van der Waals surface area contributed by atoms with Crippen LogP contribution in [0.5, 0.6) is 5.75 Å². The Hall–Kier alpha value is -1.81. The Balaban J connectivity index is 2.05. The van der Waals surface area contributed by atoms with Gasteiger partial charge < -0.3 is 10.1 Å². The molecule has 0 unspecified atom stereocenters. The first-order valence-electron chi connectivity index (χ1n) is 6.63. The van der Waals surface area contributed by atoms with E-state index in [0.717, 1.165) is 30.1 Å². The number of aromatic amines is 1. The van der Waals surface area contributed by atoms with Gasteiger partial charge in [0.25, 0.3) is 0 Å². The number of ether oxygens (including phenoxy) is 1. The molecule has 0 radical (unpaired) electrons. The Morgan fingerprint density at radius 2 is 2.21 bits per heavy atom. The smallest absolute Gasteiger partial charge is 0.132 e. The van der Waals surface area contributed by atoms with Crippen molar-refractivity contribution < 1.29 is 4.74 Å². The number of rotatable bonds is 6. The summed E-state index contributed by atoms with van der Waals surface area (Å²) >= 11 is 0. The topological polar surface area (TPSA) is 49.9 Å². The fourth-order valence-electron chi connectivity index (χ4n) is 2.04. The van der Waals surface area contributed by atoms with Crippen molar-refractivity contribution in [3.8, 4) is 5.75 Å². The largest absolute Gasteiger partial charge is 0.487 e. The van der Waals surface area contributed by atoms with Crippen molar-refractivity contribution >= 4 is 0 Å². The van der Waals surface area contributed by atoms with E-state index < -0.39 is 0 Å². The summed E-state index contributed by atoms with van der Waals surface area (Å²) in [6, 6.07) is 8.20. The van der Waals surface area contributed by atoms with Crippen LogP contribution in [0.25, 0.3) is 0 Å². The number of hydrogen-bond donors (Lipinski definition) is 2. The number of H-pyrrole nitrogens is 1. The average Bonchev–Trinajstić information content (AvgIpc) is 2.78. The van der Waals surface area contributed by atoms with E-state index in [1.165, 1.54) is 11.1 Å². The van der Waals surface area contributed by atoms with Gasteiger partial charge in [0, 0.05) is 17.8 Å². The van der Waals surface area contributed by atoms with Gasteiger partial charge in [-0.3, -0.25) is 5.10 Å². The van der Waals surface area contributed by atoms with Crippen LogP contribution in [-0.4, -0.2) is 17.2 Å². The molecule has 2 rings (SSSR count). The molecule has 1 aromatic heterocycles. The number of hydrogen-bond acceptors (Lipinski definition) is 3. The van der Waals surface area contributed by atoms with Crippen LogP contribution in [0.15, 0.2) is 24.3 Å². The molecule has 2 aromatic rings. The van der Waals surface area contributed by atoms with Crippen LogP contribution >= 0.6 is 0 Å². The molecule has 0 bridgehead atoms. The highest BCUT2D eigenvalue weighted by Crippen LogP contribution is 2.17. The van der Waals surface area contributed by atoms with Crippen LogP contribution in [0.3, 0.4) is 0 Å². The van der Waals surface area contributed by atoms with Gasteiger partial charge >= 0.3 is 0 Å². The van der Waals surface area contributed by atoms with Crippen LogP contribution in [0.2, 0.25) is 0 Å². The van der Waals surface area contributed by atoms with Gasteiger partial charge in [0.2, 0.25) is 0 Å². The Morgan fingerprint density at radius 1 is 1.37 bits per heavy atom. The quantitative estimate of drug-likeness (QED) is 0.838. The standard InChI is InChI=1S/C15H21N3O/c1-4-12-6-5-7-13(8-12)19-10-15-14(9-16-3)11(2)17-18-15/h5-8,16H,4,9-10H2,1-3H3,(H,17,18). The van der Waals surface area contributed by atoms with Gasteiger partial charge in [-0.1, -0.05) is 19.1 Å². The fourth-order valence-corrected chi connectivity index (χ4v) is 2.04. The fraction of sp³-hybridized carbons (Fsp3) is 0.400. The maximum absolute atomic E-state index is 5.82. The summed E-state index contributed by atoms with van der Waals surface area (Å²) in [4.78, 5) is 0. The number of nitrogens with one attached hydrogen (secondary N) is 2. The molecule has 1 aromatic carbocycles. The van der Waals surface area contributed by atoms with Gasteiger partial charge in [0.15, 0.2) is 0 Å². The summed E-state index contributed by atoms with van der Waals surface area (Å²) in [5.74, 6) is 0.899. The highest BCUT2D eigenvalue weighted by Gasteiger charge is 2.10. The minimum Gasteiger partial charge on any atom is -0.487 e. The number of aryl methyl sites for hydroxylation is 2. The molecule has 2 N–H and O–H groups in total. The van der Waals surface area contributed by atoms with E-state index in [4.69, 9.17) is 4.74 Å². The predicted molar refractivity (Wildman–Crippen MR) is 76.2 cm³/mol. The van der Waals surface area contributed by atoms with Crippen molar-refractivity contribution in [1.82, 2.24) is 15.5 Å². The van der Waals surface area contributed by atoms with Gasteiger partial charge in [-0.05, 0) is 38.1 Å². The molecule has 1 heterocycles. The molecule has 4 nitrogen and oxygen atoms in total. The normalized spacial score (nSPS) is 10.7. The summed E-state index contributed by atoms with van der Waals surface area (Å²) in [7, 11) is 1.93. The van der Waals surface area contributed by atoms with Crippen molar-refractivity contribution in [2.75, 3.05) is 7.05 Å². The van der Waals surface area contributed by atoms with E-state index in [1.807, 2.05) is 26.1 Å². The average molecular weight is 259 g/mol. The lowest BCUT2D eigenvalue weighted by atomic mass is 10.1. The molecule has 0 spiro atoms. The second-order valence-corrected chi connectivity index (χ2v) is 4.59. The van der Waals surface area contributed by atoms with Gasteiger partial charge in [-0.25, -0.2) is 0 Å². The highest BCUT2D eigenvalue weighted by molar-refractivity contribution is 5.29. The van der Waals surface area contributed by atoms with Crippen LogP contribution in [0.1, 0.15) is 29.4 Å². The summed E-state index contributed by atoms with van der Waals surface area (Å²) in [5, 5.41) is 10.5. The first-order chi connectivity index (χ1) is 9.24. The first kappa shape index (κ1) is 13.6. The van der Waals surface area contributed by atoms with E-state index in [-0.39, 0.29) is 0 Å². The number of nitrogens with zero attached hydrogens (tertiary/aromatic N) is 1. The van der Waals surface area contributed by atoms with E-state index in [0.29, 0.717) is 6.61 Å². The zero-order valence-corrected chi connectivity index (χ0v) is 11.8. The Kier molecular flexibility index (Phi) is 4.58. The summed E-state index contributed by atoms with van der Waals surface area (Å²) in [6.07, 6.45) is 1.02. The second kappa shape index (κ2) is 6.38. The molecule has 0 aliphatic rings. The Morgan fingerprint density at radius 3 is 2.95 bits per heavy atom. The molecule has 0 fully saturated rings. The molecule has 0 saturated carbocycles. The van der Waals surface area contributed by atoms with E-state index in [9.17, 15) is 0 Å². The third-order valence-electron chi connectivity index (χ3n) is 3.20. The molecular weight excluding hydrogens is 238 g/mol. The minimum absolute atomic E-state index is 0.495. The number of benzene rings is 1. The molecular formula is C15H21N3O. The third-order valence-corrected chi connectivity index (χ3v) is 3.20. The molecule has 0 aliphatic carbocycles. The summed E-state index contributed by atoms with van der Waals surface area (Å²) in [5.41, 5.74) is 4.53. The lowest BCUT2D eigenvalue weighted by Gasteiger charge is -2.07. The monoisotopic (exact) mass is 259 g/mol.